The minimum Gasteiger partial charge on any atom is -0.493 e. The van der Waals surface area contributed by atoms with Gasteiger partial charge in [-0.25, -0.2) is 13.6 Å². The van der Waals surface area contributed by atoms with Crippen LogP contribution in [0, 0.1) is 6.92 Å². The zero-order valence-corrected chi connectivity index (χ0v) is 21.0. The highest BCUT2D eigenvalue weighted by atomic mass is 19.4. The first-order valence-corrected chi connectivity index (χ1v) is 12.2. The number of aromatic nitrogens is 1. The summed E-state index contributed by atoms with van der Waals surface area (Å²) in [7, 11) is 0. The molecule has 1 amide bonds. The van der Waals surface area contributed by atoms with Crippen LogP contribution in [0.25, 0.3) is 11.1 Å². The molecule has 2 aliphatic heterocycles. The topological polar surface area (TPSA) is 87.9 Å². The van der Waals surface area contributed by atoms with Crippen molar-refractivity contribution >= 4 is 22.7 Å². The summed E-state index contributed by atoms with van der Waals surface area (Å²) in [6.07, 6.45) is -5.46. The van der Waals surface area contributed by atoms with Gasteiger partial charge in [0.1, 0.15) is 5.75 Å². The van der Waals surface area contributed by atoms with E-state index in [1.165, 1.54) is 0 Å². The van der Waals surface area contributed by atoms with Crippen molar-refractivity contribution in [3.8, 4) is 5.75 Å². The van der Waals surface area contributed by atoms with Crippen molar-refractivity contribution in [2.75, 3.05) is 19.7 Å². The molecule has 3 aromatic rings. The SMILES string of the molecule is Cc1cc(C2C3=C(CN=C3c3cccc4[nH]c(=O)oc34)C(=O)N2CC(C)(F)F)ccc1OCCCC(F)(F)F. The van der Waals surface area contributed by atoms with E-state index < -0.39 is 42.8 Å². The van der Waals surface area contributed by atoms with Gasteiger partial charge in [-0.3, -0.25) is 14.8 Å². The number of nitrogens with zero attached hydrogens (tertiary/aromatic N) is 2. The van der Waals surface area contributed by atoms with Gasteiger partial charge in [0.05, 0.1) is 37.0 Å². The minimum atomic E-state index is -4.28. The van der Waals surface area contributed by atoms with Crippen molar-refractivity contribution in [2.45, 2.75) is 44.8 Å². The molecule has 0 saturated carbocycles. The van der Waals surface area contributed by atoms with Gasteiger partial charge in [-0.1, -0.05) is 12.1 Å². The minimum absolute atomic E-state index is 0.0176. The number of hydrogen-bond acceptors (Lipinski definition) is 5. The molecule has 0 saturated heterocycles. The van der Waals surface area contributed by atoms with Crippen LogP contribution in [0.5, 0.6) is 5.75 Å². The summed E-state index contributed by atoms with van der Waals surface area (Å²) in [4.78, 5) is 33.4. The lowest BCUT2D eigenvalue weighted by Crippen LogP contribution is -2.40. The average molecular weight is 549 g/mol. The van der Waals surface area contributed by atoms with Crippen LogP contribution >= 0.6 is 0 Å². The van der Waals surface area contributed by atoms with Crippen molar-refractivity contribution in [3.63, 3.8) is 0 Å². The van der Waals surface area contributed by atoms with E-state index in [2.05, 4.69) is 9.98 Å². The number of hydrogen-bond donors (Lipinski definition) is 1. The largest absolute Gasteiger partial charge is 0.493 e. The molecule has 0 bridgehead atoms. The molecule has 1 unspecified atom stereocenters. The Hall–Kier alpha value is -3.96. The van der Waals surface area contributed by atoms with Crippen LogP contribution < -0.4 is 10.5 Å². The predicted molar refractivity (Wildman–Crippen MR) is 132 cm³/mol. The van der Waals surface area contributed by atoms with Crippen LogP contribution in [0.2, 0.25) is 0 Å². The fourth-order valence-electron chi connectivity index (χ4n) is 5.05. The van der Waals surface area contributed by atoms with Gasteiger partial charge in [0.15, 0.2) is 5.58 Å². The number of aliphatic imine (C=N–C) groups is 1. The Kier molecular flexibility index (Phi) is 6.59. The Morgan fingerprint density at radius 2 is 1.92 bits per heavy atom. The molecule has 0 fully saturated rings. The molecule has 206 valence electrons. The third kappa shape index (κ3) is 5.32. The molecule has 3 heterocycles. The van der Waals surface area contributed by atoms with Gasteiger partial charge in [-0.2, -0.15) is 13.2 Å². The van der Waals surface area contributed by atoms with Crippen LogP contribution in [0.3, 0.4) is 0 Å². The number of alkyl halides is 5. The van der Waals surface area contributed by atoms with Crippen LogP contribution in [0.15, 0.2) is 61.7 Å². The highest BCUT2D eigenvalue weighted by Crippen LogP contribution is 2.45. The first-order chi connectivity index (χ1) is 18.3. The Morgan fingerprint density at radius 1 is 1.15 bits per heavy atom. The number of carbonyl (C=O) groups excluding carboxylic acids is 1. The number of para-hydroxylation sites is 1. The second-order valence-electron chi connectivity index (χ2n) is 9.75. The number of halogens is 5. The number of rotatable bonds is 8. The van der Waals surface area contributed by atoms with E-state index in [1.807, 2.05) is 0 Å². The zero-order valence-electron chi connectivity index (χ0n) is 21.0. The smallest absolute Gasteiger partial charge is 0.417 e. The number of fused-ring (bicyclic) bond motifs is 1. The molecular formula is C27H24F5N3O4. The fourth-order valence-corrected chi connectivity index (χ4v) is 5.05. The number of oxazole rings is 1. The van der Waals surface area contributed by atoms with Gasteiger partial charge < -0.3 is 14.1 Å². The Bertz CT molecular complexity index is 1560. The molecule has 1 aromatic heterocycles. The normalized spacial score (nSPS) is 17.8. The Morgan fingerprint density at radius 3 is 2.62 bits per heavy atom. The van der Waals surface area contributed by atoms with E-state index in [0.29, 0.717) is 39.2 Å². The van der Waals surface area contributed by atoms with E-state index in [-0.39, 0.29) is 30.7 Å². The molecule has 12 heteroatoms. The number of benzene rings is 2. The van der Waals surface area contributed by atoms with Crippen LogP contribution in [-0.4, -0.2) is 53.3 Å². The van der Waals surface area contributed by atoms with Gasteiger partial charge >= 0.3 is 11.9 Å². The quantitative estimate of drug-likeness (QED) is 0.298. The zero-order chi connectivity index (χ0) is 28.1. The van der Waals surface area contributed by atoms with Crippen molar-refractivity contribution in [2.24, 2.45) is 4.99 Å². The van der Waals surface area contributed by atoms with Crippen molar-refractivity contribution in [3.05, 3.63) is 74.8 Å². The highest BCUT2D eigenvalue weighted by molar-refractivity contribution is 6.25. The summed E-state index contributed by atoms with van der Waals surface area (Å²) >= 11 is 0. The van der Waals surface area contributed by atoms with E-state index in [0.717, 1.165) is 11.8 Å². The Balaban J connectivity index is 1.51. The number of ether oxygens (including phenoxy) is 1. The van der Waals surface area contributed by atoms with Gasteiger partial charge in [-0.05, 0) is 48.7 Å². The highest BCUT2D eigenvalue weighted by Gasteiger charge is 2.47. The van der Waals surface area contributed by atoms with E-state index in [9.17, 15) is 31.5 Å². The second-order valence-corrected chi connectivity index (χ2v) is 9.75. The molecule has 5 rings (SSSR count). The molecule has 2 aliphatic rings. The number of aryl methyl sites for hydroxylation is 1. The van der Waals surface area contributed by atoms with Crippen LogP contribution in [0.1, 0.15) is 42.5 Å². The van der Waals surface area contributed by atoms with Gasteiger partial charge in [-0.15, -0.1) is 0 Å². The fraction of sp³-hybridized carbons (Fsp3) is 0.370. The van der Waals surface area contributed by atoms with Gasteiger partial charge in [0, 0.05) is 30.1 Å². The molecule has 2 aromatic carbocycles. The monoisotopic (exact) mass is 549 g/mol. The number of carbonyl (C=O) groups is 1. The number of amides is 1. The third-order valence-corrected chi connectivity index (χ3v) is 6.61. The maximum absolute atomic E-state index is 14.2. The van der Waals surface area contributed by atoms with Gasteiger partial charge in [0.2, 0.25) is 0 Å². The third-order valence-electron chi connectivity index (χ3n) is 6.61. The average Bonchev–Trinajstić information content (AvgIpc) is 3.49. The maximum atomic E-state index is 14.2. The molecule has 1 N–H and O–H groups in total. The summed E-state index contributed by atoms with van der Waals surface area (Å²) in [6, 6.07) is 8.92. The lowest BCUT2D eigenvalue weighted by Gasteiger charge is -2.31. The first kappa shape index (κ1) is 26.6. The summed E-state index contributed by atoms with van der Waals surface area (Å²) in [6.45, 7) is 1.42. The van der Waals surface area contributed by atoms with Gasteiger partial charge in [0.25, 0.3) is 11.8 Å². The number of aromatic amines is 1. The van der Waals surface area contributed by atoms with Crippen molar-refractivity contribution in [1.82, 2.24) is 9.88 Å². The van der Waals surface area contributed by atoms with E-state index in [1.54, 1.807) is 43.3 Å². The summed E-state index contributed by atoms with van der Waals surface area (Å²) in [5.41, 5.74) is 3.27. The first-order valence-electron chi connectivity index (χ1n) is 12.2. The predicted octanol–water partition coefficient (Wildman–Crippen LogP) is 5.49. The standard InChI is InChI=1S/C27H24F5N3O4/c1-14-11-15(7-8-19(14)38-10-4-9-27(30,31)32)22-20-17(24(36)35(22)13-26(2,28)29)12-33-21(20)16-5-3-6-18-23(16)39-25(37)34-18/h3,5-8,11,22H,4,9-10,12-13H2,1-2H3,(H,34,37). The molecule has 0 aliphatic carbocycles. The Labute approximate surface area is 219 Å². The van der Waals surface area contributed by atoms with E-state index in [4.69, 9.17) is 9.15 Å². The van der Waals surface area contributed by atoms with Crippen molar-refractivity contribution < 1.29 is 35.9 Å². The van der Waals surface area contributed by atoms with Crippen LogP contribution in [0.4, 0.5) is 22.0 Å². The summed E-state index contributed by atoms with van der Waals surface area (Å²) in [5, 5.41) is 0. The maximum Gasteiger partial charge on any atom is 0.417 e. The lowest BCUT2D eigenvalue weighted by atomic mass is 9.90. The summed E-state index contributed by atoms with van der Waals surface area (Å²) in [5.74, 6) is -4.07. The molecule has 39 heavy (non-hydrogen) atoms. The number of nitrogens with one attached hydrogen (secondary N) is 1. The lowest BCUT2D eigenvalue weighted by molar-refractivity contribution is -0.136. The summed E-state index contributed by atoms with van der Waals surface area (Å²) < 4.78 is 76.7. The number of H-pyrrole nitrogens is 1. The molecule has 7 nitrogen and oxygen atoms in total. The van der Waals surface area contributed by atoms with Crippen LogP contribution in [-0.2, 0) is 4.79 Å². The van der Waals surface area contributed by atoms with E-state index >= 15 is 0 Å². The molecule has 0 spiro atoms. The molecular weight excluding hydrogens is 525 g/mol. The molecule has 0 radical (unpaired) electrons. The molecule has 1 atom stereocenters. The van der Waals surface area contributed by atoms with Crippen molar-refractivity contribution in [1.29, 1.82) is 0 Å². The second kappa shape index (κ2) is 9.65.